The van der Waals surface area contributed by atoms with Gasteiger partial charge < -0.3 is 14.5 Å². The quantitative estimate of drug-likeness (QED) is 0.878. The summed E-state index contributed by atoms with van der Waals surface area (Å²) in [5.41, 5.74) is 0.291. The lowest BCUT2D eigenvalue weighted by Gasteiger charge is -2.18. The van der Waals surface area contributed by atoms with Crippen LogP contribution in [0.1, 0.15) is 46.6 Å². The molecule has 2 rings (SSSR count). The molecule has 2 aromatic heterocycles. The Labute approximate surface area is 132 Å². The average molecular weight is 322 g/mol. The van der Waals surface area contributed by atoms with Crippen molar-refractivity contribution in [2.24, 2.45) is 0 Å². The molecule has 0 unspecified atom stereocenters. The van der Waals surface area contributed by atoms with Gasteiger partial charge in [0.1, 0.15) is 16.3 Å². The maximum absolute atomic E-state index is 12.1. The first kappa shape index (κ1) is 16.2. The summed E-state index contributed by atoms with van der Waals surface area (Å²) in [5, 5.41) is 0. The number of aromatic amines is 1. The number of nitrogens with one attached hydrogen (secondary N) is 1. The Morgan fingerprint density at radius 3 is 2.50 bits per heavy atom. The minimum Gasteiger partial charge on any atom is -0.465 e. The second kappa shape index (κ2) is 5.92. The highest BCUT2D eigenvalue weighted by Crippen LogP contribution is 2.27. The molecule has 0 aliphatic carbocycles. The van der Waals surface area contributed by atoms with Crippen LogP contribution in [0.4, 0.5) is 0 Å². The second-order valence-electron chi connectivity index (χ2n) is 5.72. The first-order valence-corrected chi connectivity index (χ1v) is 7.51. The van der Waals surface area contributed by atoms with Gasteiger partial charge in [0.2, 0.25) is 0 Å². The molecule has 6 nitrogen and oxygen atoms in total. The van der Waals surface area contributed by atoms with Crippen molar-refractivity contribution in [3.05, 3.63) is 28.4 Å². The molecule has 0 saturated heterocycles. The molecule has 0 saturated carbocycles. The maximum atomic E-state index is 12.1. The summed E-state index contributed by atoms with van der Waals surface area (Å²) in [7, 11) is 1.33. The van der Waals surface area contributed by atoms with E-state index in [0.29, 0.717) is 16.4 Å². The molecule has 0 aliphatic heterocycles. The zero-order chi connectivity index (χ0) is 16.5. The number of hydrogen-bond donors (Lipinski definition) is 1. The number of methoxy groups -OCH3 is 1. The lowest BCUT2D eigenvalue weighted by molar-refractivity contribution is 0.00625. The summed E-state index contributed by atoms with van der Waals surface area (Å²) in [4.78, 5) is 32.1. The van der Waals surface area contributed by atoms with Crippen molar-refractivity contribution >= 4 is 23.3 Å². The Morgan fingerprint density at radius 2 is 1.91 bits per heavy atom. The summed E-state index contributed by atoms with van der Waals surface area (Å²) >= 11 is 1.25. The molecule has 2 heterocycles. The number of H-pyrrole nitrogens is 1. The van der Waals surface area contributed by atoms with Gasteiger partial charge in [-0.3, -0.25) is 0 Å². The first-order valence-electron chi connectivity index (χ1n) is 6.70. The fourth-order valence-electron chi connectivity index (χ4n) is 1.78. The van der Waals surface area contributed by atoms with Gasteiger partial charge in [-0.05, 0) is 39.8 Å². The Hall–Kier alpha value is -2.15. The van der Waals surface area contributed by atoms with Crippen molar-refractivity contribution in [3.63, 3.8) is 0 Å². The fraction of sp³-hybridized carbons (Fsp3) is 0.400. The third-order valence-corrected chi connectivity index (χ3v) is 3.77. The van der Waals surface area contributed by atoms with Crippen LogP contribution in [-0.4, -0.2) is 34.6 Å². The van der Waals surface area contributed by atoms with E-state index in [1.54, 1.807) is 39.8 Å². The van der Waals surface area contributed by atoms with Crippen LogP contribution in [-0.2, 0) is 9.47 Å². The van der Waals surface area contributed by atoms with Gasteiger partial charge in [0.25, 0.3) is 0 Å². The number of rotatable bonds is 3. The van der Waals surface area contributed by atoms with Crippen molar-refractivity contribution in [3.8, 4) is 10.7 Å². The first-order chi connectivity index (χ1) is 10.2. The van der Waals surface area contributed by atoms with E-state index in [1.165, 1.54) is 18.4 Å². The zero-order valence-electron chi connectivity index (χ0n) is 13.1. The van der Waals surface area contributed by atoms with Gasteiger partial charge in [-0.15, -0.1) is 11.3 Å². The van der Waals surface area contributed by atoms with Crippen LogP contribution in [0.25, 0.3) is 10.7 Å². The van der Waals surface area contributed by atoms with Crippen LogP contribution >= 0.6 is 11.3 Å². The molecule has 0 aliphatic rings. The number of hydrogen-bond acceptors (Lipinski definition) is 6. The van der Waals surface area contributed by atoms with Crippen LogP contribution in [0.3, 0.4) is 0 Å². The van der Waals surface area contributed by atoms with Gasteiger partial charge in [-0.1, -0.05) is 0 Å². The van der Waals surface area contributed by atoms with Crippen LogP contribution in [0.5, 0.6) is 0 Å². The van der Waals surface area contributed by atoms with E-state index in [1.807, 2.05) is 0 Å². The van der Waals surface area contributed by atoms with Crippen molar-refractivity contribution in [2.75, 3.05) is 7.11 Å². The normalized spacial score (nSPS) is 11.3. The van der Waals surface area contributed by atoms with Crippen LogP contribution < -0.4 is 0 Å². The maximum Gasteiger partial charge on any atom is 0.359 e. The van der Waals surface area contributed by atoms with Gasteiger partial charge in [0.05, 0.1) is 12.0 Å². The Bertz CT molecular complexity index is 709. The third-order valence-electron chi connectivity index (χ3n) is 2.70. The number of carbonyl (C=O) groups is 2. The van der Waals surface area contributed by atoms with Crippen molar-refractivity contribution in [1.82, 2.24) is 9.97 Å². The van der Waals surface area contributed by atoms with Crippen LogP contribution in [0, 0.1) is 6.92 Å². The fourth-order valence-corrected chi connectivity index (χ4v) is 2.65. The van der Waals surface area contributed by atoms with Crippen molar-refractivity contribution < 1.29 is 19.1 Å². The van der Waals surface area contributed by atoms with Gasteiger partial charge in [0, 0.05) is 5.69 Å². The number of aryl methyl sites for hydroxylation is 1. The molecule has 0 spiro atoms. The molecule has 0 bridgehead atoms. The minimum absolute atomic E-state index is 0.248. The van der Waals surface area contributed by atoms with E-state index in [9.17, 15) is 9.59 Å². The van der Waals surface area contributed by atoms with E-state index < -0.39 is 17.5 Å². The number of thiophene rings is 1. The van der Waals surface area contributed by atoms with Gasteiger partial charge >= 0.3 is 11.9 Å². The number of imidazole rings is 1. The molecular weight excluding hydrogens is 304 g/mol. The molecular formula is C15H18N2O4S. The van der Waals surface area contributed by atoms with Crippen molar-refractivity contribution in [2.45, 2.75) is 33.3 Å². The van der Waals surface area contributed by atoms with E-state index in [4.69, 9.17) is 4.74 Å². The van der Waals surface area contributed by atoms with Gasteiger partial charge in [0.15, 0.2) is 5.69 Å². The predicted molar refractivity (Wildman–Crippen MR) is 83.1 cm³/mol. The van der Waals surface area contributed by atoms with Crippen molar-refractivity contribution in [1.29, 1.82) is 0 Å². The highest BCUT2D eigenvalue weighted by Gasteiger charge is 2.23. The van der Waals surface area contributed by atoms with E-state index in [0.717, 1.165) is 4.88 Å². The Kier molecular flexibility index (Phi) is 4.37. The van der Waals surface area contributed by atoms with E-state index in [2.05, 4.69) is 14.7 Å². The zero-order valence-corrected chi connectivity index (χ0v) is 14.0. The molecule has 0 aromatic carbocycles. The molecule has 0 fully saturated rings. The average Bonchev–Trinajstić information content (AvgIpc) is 3.02. The number of carbonyl (C=O) groups excluding carboxylic acids is 2. The molecule has 22 heavy (non-hydrogen) atoms. The summed E-state index contributed by atoms with van der Waals surface area (Å²) < 4.78 is 10.00. The number of ether oxygens (including phenoxy) is 2. The topological polar surface area (TPSA) is 81.3 Å². The Balaban J connectivity index is 2.28. The lowest BCUT2D eigenvalue weighted by atomic mass is 10.2. The summed E-state index contributed by atoms with van der Waals surface area (Å²) in [6.07, 6.45) is 0. The largest absolute Gasteiger partial charge is 0.465 e. The van der Waals surface area contributed by atoms with E-state index in [-0.39, 0.29) is 5.69 Å². The van der Waals surface area contributed by atoms with Gasteiger partial charge in [-0.2, -0.15) is 0 Å². The Morgan fingerprint density at radius 1 is 1.23 bits per heavy atom. The number of aromatic nitrogens is 2. The summed E-state index contributed by atoms with van der Waals surface area (Å²) in [5.74, 6) is -0.345. The molecule has 1 N–H and O–H groups in total. The smallest absolute Gasteiger partial charge is 0.359 e. The number of esters is 2. The highest BCUT2D eigenvalue weighted by atomic mass is 32.1. The molecule has 118 valence electrons. The summed E-state index contributed by atoms with van der Waals surface area (Å²) in [6.45, 7) is 7.16. The molecule has 0 radical (unpaired) electrons. The molecule has 0 amide bonds. The molecule has 2 aromatic rings. The lowest BCUT2D eigenvalue weighted by Crippen LogP contribution is -2.24. The number of nitrogens with zero attached hydrogens (tertiary/aromatic N) is 1. The molecule has 7 heteroatoms. The third kappa shape index (κ3) is 3.54. The standard InChI is InChI=1S/C15H18N2O4S/c1-8-11(14(19)21-15(2,3)4)17-12(16-8)9-6-7-10(22-9)13(18)20-5/h6-7H,1-5H3,(H,16,17). The second-order valence-corrected chi connectivity index (χ2v) is 6.80. The minimum atomic E-state index is -0.580. The highest BCUT2D eigenvalue weighted by molar-refractivity contribution is 7.17. The van der Waals surface area contributed by atoms with Gasteiger partial charge in [-0.25, -0.2) is 14.6 Å². The SMILES string of the molecule is COC(=O)c1ccc(-c2nc(C(=O)OC(C)(C)C)c(C)[nH]2)s1. The monoisotopic (exact) mass is 322 g/mol. The predicted octanol–water partition coefficient (Wildman–Crippen LogP) is 3.19. The van der Waals surface area contributed by atoms with Crippen LogP contribution in [0.15, 0.2) is 12.1 Å². The van der Waals surface area contributed by atoms with E-state index >= 15 is 0 Å². The molecule has 0 atom stereocenters. The summed E-state index contributed by atoms with van der Waals surface area (Å²) in [6, 6.07) is 3.42. The van der Waals surface area contributed by atoms with Crippen LogP contribution in [0.2, 0.25) is 0 Å².